The zero-order valence-electron chi connectivity index (χ0n) is 10.1. The van der Waals surface area contributed by atoms with E-state index >= 15 is 0 Å². The Morgan fingerprint density at radius 2 is 2.32 bits per heavy atom. The number of aromatic nitrogens is 4. The van der Waals surface area contributed by atoms with Crippen LogP contribution in [-0.4, -0.2) is 31.2 Å². The molecule has 1 N–H and O–H groups in total. The Morgan fingerprint density at radius 3 is 2.89 bits per heavy atom. The van der Waals surface area contributed by atoms with Gasteiger partial charge in [0.05, 0.1) is 15.6 Å². The first-order chi connectivity index (χ1) is 9.13. The minimum atomic E-state index is -0.511. The van der Waals surface area contributed by atoms with Crippen molar-refractivity contribution in [3.8, 4) is 5.82 Å². The van der Waals surface area contributed by atoms with E-state index in [1.54, 1.807) is 6.20 Å². The maximum Gasteiger partial charge on any atom is 0.355 e. The molecule has 2 rings (SSSR count). The van der Waals surface area contributed by atoms with Gasteiger partial charge in [-0.25, -0.2) is 14.6 Å². The number of halogens is 1. The Bertz CT molecular complexity index is 599. The lowest BCUT2D eigenvalue weighted by molar-refractivity contribution is -0.384. The highest BCUT2D eigenvalue weighted by atomic mass is 79.9. The second-order valence-corrected chi connectivity index (χ2v) is 4.60. The van der Waals surface area contributed by atoms with Gasteiger partial charge in [0, 0.05) is 12.7 Å². The highest BCUT2D eigenvalue weighted by Gasteiger charge is 2.24. The monoisotopic (exact) mass is 326 g/mol. The maximum atomic E-state index is 11.2. The van der Waals surface area contributed by atoms with Crippen molar-refractivity contribution in [3.05, 3.63) is 33.3 Å². The molecule has 2 aromatic heterocycles. The van der Waals surface area contributed by atoms with E-state index in [4.69, 9.17) is 0 Å². The topological polar surface area (TPSA) is 98.8 Å². The molecule has 0 bridgehead atoms. The lowest BCUT2D eigenvalue weighted by Gasteiger charge is -2.07. The smallest absolute Gasteiger partial charge is 0.355 e. The number of anilines is 1. The van der Waals surface area contributed by atoms with Gasteiger partial charge in [0.2, 0.25) is 11.6 Å². The summed E-state index contributed by atoms with van der Waals surface area (Å²) in [5.41, 5.74) is -0.188. The van der Waals surface area contributed by atoms with Gasteiger partial charge in [-0.05, 0) is 22.4 Å². The van der Waals surface area contributed by atoms with E-state index in [9.17, 15) is 10.1 Å². The van der Waals surface area contributed by atoms with Crippen LogP contribution in [0, 0.1) is 10.1 Å². The Balaban J connectivity index is 2.51. The molecule has 0 amide bonds. The first-order valence-electron chi connectivity index (χ1n) is 5.57. The van der Waals surface area contributed by atoms with E-state index in [0.29, 0.717) is 11.0 Å². The van der Waals surface area contributed by atoms with E-state index in [0.717, 1.165) is 6.42 Å². The molecule has 0 radical (unpaired) electrons. The molecule has 0 saturated carbocycles. The normalized spacial score (nSPS) is 10.4. The molecule has 0 unspecified atom stereocenters. The molecule has 0 fully saturated rings. The Labute approximate surface area is 117 Å². The Kier molecular flexibility index (Phi) is 4.05. The predicted octanol–water partition coefficient (Wildman–Crippen LogP) is 2.15. The second-order valence-electron chi connectivity index (χ2n) is 3.68. The van der Waals surface area contributed by atoms with E-state index in [1.165, 1.54) is 17.2 Å². The molecule has 0 aliphatic rings. The van der Waals surface area contributed by atoms with Crippen molar-refractivity contribution in [1.82, 2.24) is 19.7 Å². The summed E-state index contributed by atoms with van der Waals surface area (Å²) >= 11 is 3.24. The summed E-state index contributed by atoms with van der Waals surface area (Å²) < 4.78 is 2.05. The van der Waals surface area contributed by atoms with Gasteiger partial charge in [-0.15, -0.1) is 0 Å². The van der Waals surface area contributed by atoms with Crippen molar-refractivity contribution in [2.75, 3.05) is 11.9 Å². The van der Waals surface area contributed by atoms with Gasteiger partial charge in [-0.2, -0.15) is 5.10 Å². The van der Waals surface area contributed by atoms with Crippen LogP contribution in [0.1, 0.15) is 13.3 Å². The molecule has 2 heterocycles. The van der Waals surface area contributed by atoms with Gasteiger partial charge in [0.25, 0.3) is 0 Å². The minimum Gasteiger partial charge on any atom is -0.364 e. The average Bonchev–Trinajstić information content (AvgIpc) is 2.82. The first-order valence-corrected chi connectivity index (χ1v) is 6.36. The maximum absolute atomic E-state index is 11.2. The van der Waals surface area contributed by atoms with Crippen LogP contribution in [0.4, 0.5) is 11.5 Å². The predicted molar refractivity (Wildman–Crippen MR) is 72.3 cm³/mol. The summed E-state index contributed by atoms with van der Waals surface area (Å²) in [5, 5.41) is 18.1. The molecule has 0 spiro atoms. The molecule has 9 heteroatoms. The fourth-order valence-corrected chi connectivity index (χ4v) is 1.78. The van der Waals surface area contributed by atoms with E-state index in [2.05, 4.69) is 36.3 Å². The quantitative estimate of drug-likeness (QED) is 0.667. The average molecular weight is 327 g/mol. The SMILES string of the molecule is CCCNc1ncnc(-n2cc(Br)cn2)c1[N+](=O)[O-]. The van der Waals surface area contributed by atoms with Gasteiger partial charge in [-0.1, -0.05) is 6.92 Å². The van der Waals surface area contributed by atoms with E-state index in [1.807, 2.05) is 6.92 Å². The zero-order chi connectivity index (χ0) is 13.8. The summed E-state index contributed by atoms with van der Waals surface area (Å²) in [6, 6.07) is 0. The van der Waals surface area contributed by atoms with Gasteiger partial charge in [0.1, 0.15) is 6.33 Å². The molecule has 8 nitrogen and oxygen atoms in total. The van der Waals surface area contributed by atoms with Crippen molar-refractivity contribution in [2.45, 2.75) is 13.3 Å². The molecule has 0 aromatic carbocycles. The molecule has 0 aliphatic carbocycles. The van der Waals surface area contributed by atoms with Crippen LogP contribution in [0.5, 0.6) is 0 Å². The second kappa shape index (κ2) is 5.74. The first kappa shape index (κ1) is 13.4. The number of nitro groups is 1. The third-order valence-corrected chi connectivity index (χ3v) is 2.71. The molecular weight excluding hydrogens is 316 g/mol. The largest absolute Gasteiger partial charge is 0.364 e. The molecule has 0 aliphatic heterocycles. The molecule has 19 heavy (non-hydrogen) atoms. The number of hydrogen-bond acceptors (Lipinski definition) is 6. The molecule has 2 aromatic rings. The number of nitrogens with zero attached hydrogens (tertiary/aromatic N) is 5. The highest BCUT2D eigenvalue weighted by molar-refractivity contribution is 9.10. The Morgan fingerprint density at radius 1 is 1.53 bits per heavy atom. The van der Waals surface area contributed by atoms with Crippen molar-refractivity contribution in [3.63, 3.8) is 0 Å². The summed E-state index contributed by atoms with van der Waals surface area (Å²) in [5.74, 6) is 0.327. The van der Waals surface area contributed by atoms with Crippen molar-refractivity contribution in [2.24, 2.45) is 0 Å². The van der Waals surface area contributed by atoms with Crippen LogP contribution in [-0.2, 0) is 0 Å². The Hall–Kier alpha value is -2.03. The molecule has 100 valence electrons. The van der Waals surface area contributed by atoms with Crippen LogP contribution < -0.4 is 5.32 Å². The lowest BCUT2D eigenvalue weighted by Crippen LogP contribution is -2.10. The van der Waals surface area contributed by atoms with Crippen molar-refractivity contribution >= 4 is 27.4 Å². The third-order valence-electron chi connectivity index (χ3n) is 2.30. The van der Waals surface area contributed by atoms with Gasteiger partial charge in [-0.3, -0.25) is 10.1 Å². The summed E-state index contributed by atoms with van der Waals surface area (Å²) in [6.07, 6.45) is 5.24. The molecular formula is C10H11BrN6O2. The summed E-state index contributed by atoms with van der Waals surface area (Å²) in [6.45, 7) is 2.56. The fourth-order valence-electron chi connectivity index (χ4n) is 1.49. The molecule has 0 atom stereocenters. The third kappa shape index (κ3) is 2.87. The standard InChI is InChI=1S/C10H11BrN6O2/c1-2-3-12-9-8(17(18)19)10(14-6-13-9)16-5-7(11)4-15-16/h4-6H,2-3H2,1H3,(H,12,13,14). The van der Waals surface area contributed by atoms with Crippen LogP contribution in [0.15, 0.2) is 23.2 Å². The van der Waals surface area contributed by atoms with E-state index in [-0.39, 0.29) is 17.3 Å². The number of nitrogens with one attached hydrogen (secondary N) is 1. The number of rotatable bonds is 5. The van der Waals surface area contributed by atoms with Crippen LogP contribution >= 0.6 is 15.9 Å². The van der Waals surface area contributed by atoms with E-state index < -0.39 is 4.92 Å². The van der Waals surface area contributed by atoms with Crippen LogP contribution in [0.3, 0.4) is 0 Å². The van der Waals surface area contributed by atoms with Gasteiger partial charge >= 0.3 is 5.69 Å². The highest BCUT2D eigenvalue weighted by Crippen LogP contribution is 2.27. The van der Waals surface area contributed by atoms with Crippen LogP contribution in [0.2, 0.25) is 0 Å². The zero-order valence-corrected chi connectivity index (χ0v) is 11.7. The van der Waals surface area contributed by atoms with Crippen molar-refractivity contribution in [1.29, 1.82) is 0 Å². The van der Waals surface area contributed by atoms with Crippen molar-refractivity contribution < 1.29 is 4.92 Å². The van der Waals surface area contributed by atoms with Gasteiger partial charge in [0.15, 0.2) is 0 Å². The summed E-state index contributed by atoms with van der Waals surface area (Å²) in [4.78, 5) is 18.6. The summed E-state index contributed by atoms with van der Waals surface area (Å²) in [7, 11) is 0. The lowest BCUT2D eigenvalue weighted by atomic mass is 10.4. The number of hydrogen-bond donors (Lipinski definition) is 1. The van der Waals surface area contributed by atoms with Gasteiger partial charge < -0.3 is 5.32 Å². The minimum absolute atomic E-state index is 0.129. The fraction of sp³-hybridized carbons (Fsp3) is 0.300. The molecule has 0 saturated heterocycles. The van der Waals surface area contributed by atoms with Crippen LogP contribution in [0.25, 0.3) is 5.82 Å².